The number of rotatable bonds is 4. The zero-order chi connectivity index (χ0) is 15.4. The van der Waals surface area contributed by atoms with E-state index in [1.165, 1.54) is 0 Å². The van der Waals surface area contributed by atoms with Gasteiger partial charge < -0.3 is 19.3 Å². The van der Waals surface area contributed by atoms with Gasteiger partial charge in [-0.2, -0.15) is 0 Å². The molecule has 0 aliphatic heterocycles. The van der Waals surface area contributed by atoms with Gasteiger partial charge in [0.1, 0.15) is 6.10 Å². The molecule has 21 heavy (non-hydrogen) atoms. The van der Waals surface area contributed by atoms with Gasteiger partial charge in [-0.05, 0) is 36.5 Å². The Bertz CT molecular complexity index is 560. The summed E-state index contributed by atoms with van der Waals surface area (Å²) in [5, 5.41) is 10.7. The number of ether oxygens (including phenoxy) is 3. The molecule has 1 N–H and O–H groups in total. The molecule has 1 aliphatic rings. The second-order valence-electron chi connectivity index (χ2n) is 4.92. The third-order valence-corrected chi connectivity index (χ3v) is 3.81. The molecule has 114 valence electrons. The van der Waals surface area contributed by atoms with Gasteiger partial charge in [0, 0.05) is 5.56 Å². The van der Waals surface area contributed by atoms with Crippen molar-refractivity contribution in [3.8, 4) is 17.2 Å². The Labute approximate surface area is 125 Å². The predicted molar refractivity (Wildman–Crippen MR) is 82.3 cm³/mol. The van der Waals surface area contributed by atoms with Gasteiger partial charge in [-0.15, -0.1) is 0 Å². The van der Waals surface area contributed by atoms with Crippen molar-refractivity contribution in [3.05, 3.63) is 41.5 Å². The van der Waals surface area contributed by atoms with Crippen molar-refractivity contribution in [2.45, 2.75) is 25.4 Å². The van der Waals surface area contributed by atoms with Crippen LogP contribution >= 0.6 is 0 Å². The molecule has 4 heteroatoms. The smallest absolute Gasteiger partial charge is 0.203 e. The number of benzene rings is 1. The van der Waals surface area contributed by atoms with E-state index in [0.29, 0.717) is 17.2 Å². The first-order valence-electron chi connectivity index (χ1n) is 7.00. The minimum absolute atomic E-state index is 0.502. The number of aliphatic hydroxyl groups is 1. The number of hydrogen-bond donors (Lipinski definition) is 1. The summed E-state index contributed by atoms with van der Waals surface area (Å²) in [5.74, 6) is 1.64. The SMILES string of the molecule is C=C/C1=C/CCCc2cc(OC)c(OC)c(OC)c2C1O. The first kappa shape index (κ1) is 15.4. The fourth-order valence-corrected chi connectivity index (χ4v) is 2.77. The van der Waals surface area contributed by atoms with Crippen LogP contribution in [0.15, 0.2) is 30.4 Å². The summed E-state index contributed by atoms with van der Waals surface area (Å²) < 4.78 is 16.3. The number of allylic oxidation sites excluding steroid dienone is 1. The van der Waals surface area contributed by atoms with Crippen LogP contribution in [0.4, 0.5) is 0 Å². The van der Waals surface area contributed by atoms with Crippen LogP contribution in [0.3, 0.4) is 0 Å². The van der Waals surface area contributed by atoms with Gasteiger partial charge in [-0.25, -0.2) is 0 Å². The van der Waals surface area contributed by atoms with Crippen LogP contribution in [0.2, 0.25) is 0 Å². The minimum atomic E-state index is -0.771. The van der Waals surface area contributed by atoms with Gasteiger partial charge in [-0.1, -0.05) is 18.7 Å². The summed E-state index contributed by atoms with van der Waals surface area (Å²) in [6.45, 7) is 3.79. The van der Waals surface area contributed by atoms with Gasteiger partial charge in [0.2, 0.25) is 5.75 Å². The van der Waals surface area contributed by atoms with E-state index in [1.54, 1.807) is 27.4 Å². The van der Waals surface area contributed by atoms with Crippen LogP contribution < -0.4 is 14.2 Å². The topological polar surface area (TPSA) is 47.9 Å². The number of fused-ring (bicyclic) bond motifs is 1. The molecular weight excluding hydrogens is 268 g/mol. The van der Waals surface area contributed by atoms with E-state index >= 15 is 0 Å². The van der Waals surface area contributed by atoms with Gasteiger partial charge in [0.15, 0.2) is 11.5 Å². The van der Waals surface area contributed by atoms with Gasteiger partial charge in [0.05, 0.1) is 21.3 Å². The first-order valence-corrected chi connectivity index (χ1v) is 7.00. The van der Waals surface area contributed by atoms with Crippen molar-refractivity contribution >= 4 is 0 Å². The molecule has 0 fully saturated rings. The van der Waals surface area contributed by atoms with Crippen molar-refractivity contribution in [3.63, 3.8) is 0 Å². The molecule has 1 atom stereocenters. The van der Waals surface area contributed by atoms with E-state index in [-0.39, 0.29) is 0 Å². The molecule has 0 heterocycles. The normalized spacial score (nSPS) is 20.4. The molecule has 0 bridgehead atoms. The molecule has 0 saturated heterocycles. The maximum atomic E-state index is 10.7. The quantitative estimate of drug-likeness (QED) is 0.925. The Morgan fingerprint density at radius 2 is 1.90 bits per heavy atom. The molecule has 0 saturated carbocycles. The molecule has 0 radical (unpaired) electrons. The Morgan fingerprint density at radius 1 is 1.19 bits per heavy atom. The van der Waals surface area contributed by atoms with Crippen LogP contribution in [0.5, 0.6) is 17.2 Å². The lowest BCUT2D eigenvalue weighted by Crippen LogP contribution is -2.11. The largest absolute Gasteiger partial charge is 0.493 e. The number of hydrogen-bond acceptors (Lipinski definition) is 4. The lowest BCUT2D eigenvalue weighted by atomic mass is 9.89. The highest BCUT2D eigenvalue weighted by Gasteiger charge is 2.27. The van der Waals surface area contributed by atoms with Crippen molar-refractivity contribution in [1.29, 1.82) is 0 Å². The molecule has 4 nitrogen and oxygen atoms in total. The highest BCUT2D eigenvalue weighted by molar-refractivity contribution is 5.61. The summed E-state index contributed by atoms with van der Waals surface area (Å²) in [6, 6.07) is 1.92. The zero-order valence-corrected chi connectivity index (χ0v) is 12.8. The summed E-state index contributed by atoms with van der Waals surface area (Å²) in [5.41, 5.74) is 2.55. The molecule has 0 spiro atoms. The van der Waals surface area contributed by atoms with Crippen LogP contribution in [0.1, 0.15) is 30.1 Å². The molecule has 0 amide bonds. The van der Waals surface area contributed by atoms with E-state index in [0.717, 1.165) is 36.0 Å². The Balaban J connectivity index is 2.71. The number of methoxy groups -OCH3 is 3. The summed E-state index contributed by atoms with van der Waals surface area (Å²) in [7, 11) is 4.73. The number of aliphatic hydroxyl groups excluding tert-OH is 1. The lowest BCUT2D eigenvalue weighted by Gasteiger charge is -2.24. The summed E-state index contributed by atoms with van der Waals surface area (Å²) in [4.78, 5) is 0. The van der Waals surface area contributed by atoms with E-state index in [4.69, 9.17) is 14.2 Å². The molecule has 1 aliphatic carbocycles. The number of aryl methyl sites for hydroxylation is 1. The Hall–Kier alpha value is -1.94. The molecule has 1 unspecified atom stereocenters. The summed E-state index contributed by atoms with van der Waals surface area (Å²) >= 11 is 0. The van der Waals surface area contributed by atoms with Crippen molar-refractivity contribution in [1.82, 2.24) is 0 Å². The second kappa shape index (κ2) is 6.68. The van der Waals surface area contributed by atoms with Crippen LogP contribution in [-0.2, 0) is 6.42 Å². The standard InChI is InChI=1S/C17H22O4/c1-5-11-8-6-7-9-12-10-13(19-2)16(20-3)17(21-4)14(12)15(11)18/h5,8,10,15,18H,1,6-7,9H2,2-4H3/b11-8-. The third kappa shape index (κ3) is 2.76. The summed E-state index contributed by atoms with van der Waals surface area (Å²) in [6.07, 6.45) is 5.70. The molecule has 1 aromatic rings. The van der Waals surface area contributed by atoms with Gasteiger partial charge >= 0.3 is 0 Å². The average Bonchev–Trinajstić information content (AvgIpc) is 2.50. The molecule has 1 aromatic carbocycles. The van der Waals surface area contributed by atoms with Crippen LogP contribution in [-0.4, -0.2) is 26.4 Å². The van der Waals surface area contributed by atoms with Crippen molar-refractivity contribution < 1.29 is 19.3 Å². The minimum Gasteiger partial charge on any atom is -0.493 e. The van der Waals surface area contributed by atoms with E-state index in [2.05, 4.69) is 6.58 Å². The zero-order valence-electron chi connectivity index (χ0n) is 12.8. The molecular formula is C17H22O4. The second-order valence-corrected chi connectivity index (χ2v) is 4.92. The highest BCUT2D eigenvalue weighted by atomic mass is 16.5. The highest BCUT2D eigenvalue weighted by Crippen LogP contribution is 2.46. The molecule has 2 rings (SSSR count). The average molecular weight is 290 g/mol. The fourth-order valence-electron chi connectivity index (χ4n) is 2.77. The first-order chi connectivity index (χ1) is 10.2. The third-order valence-electron chi connectivity index (χ3n) is 3.81. The maximum Gasteiger partial charge on any atom is 0.203 e. The van der Waals surface area contributed by atoms with E-state index in [9.17, 15) is 5.11 Å². The molecule has 0 aromatic heterocycles. The predicted octanol–water partition coefficient (Wildman–Crippen LogP) is 3.19. The Morgan fingerprint density at radius 3 is 2.48 bits per heavy atom. The van der Waals surface area contributed by atoms with Crippen LogP contribution in [0.25, 0.3) is 0 Å². The van der Waals surface area contributed by atoms with E-state index in [1.807, 2.05) is 12.1 Å². The van der Waals surface area contributed by atoms with Gasteiger partial charge in [-0.3, -0.25) is 0 Å². The Kier molecular flexibility index (Phi) is 4.91. The lowest BCUT2D eigenvalue weighted by molar-refractivity contribution is 0.209. The maximum absolute atomic E-state index is 10.7. The fraction of sp³-hybridized carbons (Fsp3) is 0.412. The van der Waals surface area contributed by atoms with Crippen LogP contribution in [0, 0.1) is 0 Å². The van der Waals surface area contributed by atoms with Crippen molar-refractivity contribution in [2.75, 3.05) is 21.3 Å². The van der Waals surface area contributed by atoms with Crippen molar-refractivity contribution in [2.24, 2.45) is 0 Å². The van der Waals surface area contributed by atoms with E-state index < -0.39 is 6.10 Å². The van der Waals surface area contributed by atoms with Gasteiger partial charge in [0.25, 0.3) is 0 Å². The monoisotopic (exact) mass is 290 g/mol.